The molecule has 0 bridgehead atoms. The minimum Gasteiger partial charge on any atom is -0.385 e. The Hall–Kier alpha value is -1.62. The summed E-state index contributed by atoms with van der Waals surface area (Å²) in [7, 11) is 0. The van der Waals surface area contributed by atoms with Crippen molar-refractivity contribution in [2.45, 2.75) is 32.7 Å². The van der Waals surface area contributed by atoms with Crippen LogP contribution in [0.3, 0.4) is 0 Å². The molecule has 0 amide bonds. The topological polar surface area (TPSA) is 58.4 Å². The summed E-state index contributed by atoms with van der Waals surface area (Å²) >= 11 is 0. The van der Waals surface area contributed by atoms with Gasteiger partial charge >= 0.3 is 0 Å². The normalized spacial score (nSPS) is 25.0. The number of nitrogens with one attached hydrogen (secondary N) is 1. The van der Waals surface area contributed by atoms with Gasteiger partial charge in [-0.05, 0) is 43.2 Å². The van der Waals surface area contributed by atoms with Crippen molar-refractivity contribution in [1.29, 1.82) is 0 Å². The molecule has 3 rings (SSSR count). The van der Waals surface area contributed by atoms with Crippen molar-refractivity contribution >= 4 is 11.4 Å². The van der Waals surface area contributed by atoms with Gasteiger partial charge in [-0.2, -0.15) is 0 Å². The molecule has 1 saturated carbocycles. The second kappa shape index (κ2) is 6.02. The number of nitro groups is 1. The molecule has 1 saturated heterocycles. The minimum atomic E-state index is -0.308. The number of nitro benzene ring substituents is 1. The number of fused-ring (bicyclic) bond motifs is 1. The highest BCUT2D eigenvalue weighted by Gasteiger charge is 2.36. The van der Waals surface area contributed by atoms with Crippen molar-refractivity contribution in [3.63, 3.8) is 0 Å². The zero-order chi connectivity index (χ0) is 14.8. The zero-order valence-electron chi connectivity index (χ0n) is 12.5. The Morgan fingerprint density at radius 2 is 2.05 bits per heavy atom. The molecule has 1 aromatic rings. The van der Waals surface area contributed by atoms with Crippen LogP contribution in [0, 0.1) is 22.0 Å². The molecule has 21 heavy (non-hydrogen) atoms. The quantitative estimate of drug-likeness (QED) is 0.667. The molecule has 1 aliphatic heterocycles. The van der Waals surface area contributed by atoms with E-state index in [-0.39, 0.29) is 10.6 Å². The van der Waals surface area contributed by atoms with E-state index in [2.05, 4.69) is 10.2 Å². The molecule has 5 nitrogen and oxygen atoms in total. The van der Waals surface area contributed by atoms with E-state index < -0.39 is 0 Å². The van der Waals surface area contributed by atoms with Crippen LogP contribution in [0.5, 0.6) is 0 Å². The molecule has 1 N–H and O–H groups in total. The third-order valence-corrected chi connectivity index (χ3v) is 4.86. The number of non-ortho nitro benzene ring substituents is 1. The van der Waals surface area contributed by atoms with Gasteiger partial charge in [-0.25, -0.2) is 0 Å². The average Bonchev–Trinajstić information content (AvgIpc) is 3.01. The molecule has 2 unspecified atom stereocenters. The Morgan fingerprint density at radius 1 is 1.33 bits per heavy atom. The van der Waals surface area contributed by atoms with Crippen molar-refractivity contribution in [2.24, 2.45) is 11.8 Å². The number of hydrogen-bond donors (Lipinski definition) is 1. The van der Waals surface area contributed by atoms with Crippen molar-refractivity contribution in [2.75, 3.05) is 25.0 Å². The number of hydrogen-bond acceptors (Lipinski definition) is 4. The summed E-state index contributed by atoms with van der Waals surface area (Å²) in [5.74, 6) is 1.71. The maximum Gasteiger partial charge on any atom is 0.269 e. The SMILES string of the molecule is CCNc1ccc([N+](=O)[O-])cc1CN1CC2CCCC2C1. The van der Waals surface area contributed by atoms with Crippen LogP contribution in [0.4, 0.5) is 11.4 Å². The first-order chi connectivity index (χ1) is 10.2. The summed E-state index contributed by atoms with van der Waals surface area (Å²) in [6.45, 7) is 6.00. The number of rotatable bonds is 5. The van der Waals surface area contributed by atoms with Crippen LogP contribution in [0.15, 0.2) is 18.2 Å². The Morgan fingerprint density at radius 3 is 2.67 bits per heavy atom. The Balaban J connectivity index is 1.76. The predicted molar refractivity (Wildman–Crippen MR) is 83.4 cm³/mol. The maximum absolute atomic E-state index is 11.0. The van der Waals surface area contributed by atoms with E-state index in [9.17, 15) is 10.1 Å². The molecule has 1 heterocycles. The monoisotopic (exact) mass is 289 g/mol. The Bertz CT molecular complexity index is 520. The van der Waals surface area contributed by atoms with Crippen LogP contribution in [0.1, 0.15) is 31.7 Å². The van der Waals surface area contributed by atoms with E-state index in [0.717, 1.165) is 49.3 Å². The van der Waals surface area contributed by atoms with Crippen LogP contribution in [-0.2, 0) is 6.54 Å². The fraction of sp³-hybridized carbons (Fsp3) is 0.625. The Kier molecular flexibility index (Phi) is 4.10. The highest BCUT2D eigenvalue weighted by Crippen LogP contribution is 2.38. The number of likely N-dealkylation sites (tertiary alicyclic amines) is 1. The third-order valence-electron chi connectivity index (χ3n) is 4.86. The maximum atomic E-state index is 11.0. The van der Waals surface area contributed by atoms with Crippen LogP contribution in [0.25, 0.3) is 0 Å². The van der Waals surface area contributed by atoms with Gasteiger partial charge in [0.05, 0.1) is 4.92 Å². The van der Waals surface area contributed by atoms with E-state index in [0.29, 0.717) is 0 Å². The van der Waals surface area contributed by atoms with Crippen LogP contribution >= 0.6 is 0 Å². The molecule has 2 aliphatic rings. The first kappa shape index (κ1) is 14.3. The van der Waals surface area contributed by atoms with Crippen molar-refractivity contribution in [3.8, 4) is 0 Å². The highest BCUT2D eigenvalue weighted by atomic mass is 16.6. The summed E-state index contributed by atoms with van der Waals surface area (Å²) in [6, 6.07) is 5.15. The molecule has 2 fully saturated rings. The van der Waals surface area contributed by atoms with Crippen molar-refractivity contribution in [1.82, 2.24) is 4.90 Å². The smallest absolute Gasteiger partial charge is 0.269 e. The summed E-state index contributed by atoms with van der Waals surface area (Å²) in [4.78, 5) is 13.1. The van der Waals surface area contributed by atoms with Gasteiger partial charge in [0.1, 0.15) is 0 Å². The molecule has 2 atom stereocenters. The highest BCUT2D eigenvalue weighted by molar-refractivity contribution is 5.56. The second-order valence-electron chi connectivity index (χ2n) is 6.27. The second-order valence-corrected chi connectivity index (χ2v) is 6.27. The lowest BCUT2D eigenvalue weighted by atomic mass is 10.0. The van der Waals surface area contributed by atoms with Gasteiger partial charge in [0.15, 0.2) is 0 Å². The van der Waals surface area contributed by atoms with E-state index in [4.69, 9.17) is 0 Å². The third kappa shape index (κ3) is 3.02. The molecule has 5 heteroatoms. The lowest BCUT2D eigenvalue weighted by molar-refractivity contribution is -0.384. The average molecular weight is 289 g/mol. The van der Waals surface area contributed by atoms with E-state index in [1.165, 1.54) is 19.3 Å². The summed E-state index contributed by atoms with van der Waals surface area (Å²) in [6.07, 6.45) is 4.09. The van der Waals surface area contributed by atoms with Crippen LogP contribution in [-0.4, -0.2) is 29.5 Å². The van der Waals surface area contributed by atoms with Gasteiger partial charge in [0.2, 0.25) is 0 Å². The van der Waals surface area contributed by atoms with E-state index in [1.54, 1.807) is 12.1 Å². The fourth-order valence-corrected chi connectivity index (χ4v) is 3.89. The molecule has 0 aromatic heterocycles. The van der Waals surface area contributed by atoms with Gasteiger partial charge in [-0.3, -0.25) is 15.0 Å². The molecular weight excluding hydrogens is 266 g/mol. The molecule has 1 aliphatic carbocycles. The van der Waals surface area contributed by atoms with Gasteiger partial charge in [0, 0.05) is 44.0 Å². The Labute approximate surface area is 125 Å². The number of nitrogens with zero attached hydrogens (tertiary/aromatic N) is 2. The van der Waals surface area contributed by atoms with Gasteiger partial charge in [0.25, 0.3) is 5.69 Å². The van der Waals surface area contributed by atoms with Gasteiger partial charge < -0.3 is 5.32 Å². The first-order valence-corrected chi connectivity index (χ1v) is 7.91. The van der Waals surface area contributed by atoms with Gasteiger partial charge in [-0.1, -0.05) is 6.42 Å². The first-order valence-electron chi connectivity index (χ1n) is 7.91. The van der Waals surface area contributed by atoms with Crippen molar-refractivity contribution < 1.29 is 4.92 Å². The van der Waals surface area contributed by atoms with Crippen LogP contribution in [0.2, 0.25) is 0 Å². The van der Waals surface area contributed by atoms with Gasteiger partial charge in [-0.15, -0.1) is 0 Å². The molecule has 0 spiro atoms. The van der Waals surface area contributed by atoms with E-state index >= 15 is 0 Å². The van der Waals surface area contributed by atoms with Crippen molar-refractivity contribution in [3.05, 3.63) is 33.9 Å². The molecular formula is C16H23N3O2. The largest absolute Gasteiger partial charge is 0.385 e. The van der Waals surface area contributed by atoms with E-state index in [1.807, 2.05) is 13.0 Å². The summed E-state index contributed by atoms with van der Waals surface area (Å²) in [5, 5.41) is 14.3. The lowest BCUT2D eigenvalue weighted by Gasteiger charge is -2.19. The summed E-state index contributed by atoms with van der Waals surface area (Å²) < 4.78 is 0. The predicted octanol–water partition coefficient (Wildman–Crippen LogP) is 3.26. The lowest BCUT2D eigenvalue weighted by Crippen LogP contribution is -2.22. The standard InChI is InChI=1S/C16H23N3O2/c1-2-17-16-7-6-15(19(20)21)8-14(16)11-18-9-12-4-3-5-13(12)10-18/h6-8,12-13,17H,2-5,9-11H2,1H3. The minimum absolute atomic E-state index is 0.186. The number of anilines is 1. The fourth-order valence-electron chi connectivity index (χ4n) is 3.89. The molecule has 1 aromatic carbocycles. The molecule has 0 radical (unpaired) electrons. The zero-order valence-corrected chi connectivity index (χ0v) is 12.5. The summed E-state index contributed by atoms with van der Waals surface area (Å²) in [5.41, 5.74) is 2.26. The number of benzene rings is 1. The van der Waals surface area contributed by atoms with Crippen LogP contribution < -0.4 is 5.32 Å². The molecule has 114 valence electrons.